The summed E-state index contributed by atoms with van der Waals surface area (Å²) in [6.07, 6.45) is 2.45. The van der Waals surface area contributed by atoms with Crippen molar-refractivity contribution in [3.05, 3.63) is 0 Å². The SMILES string of the molecule is CCC[C@@H](CC)C(=O)N[C@H](CS)C(=O)O. The fraction of sp³-hybridized carbons (Fsp3) is 0.800. The monoisotopic (exact) mass is 233 g/mol. The quantitative estimate of drug-likeness (QED) is 0.581. The number of rotatable bonds is 7. The molecule has 0 unspecified atom stereocenters. The van der Waals surface area contributed by atoms with Crippen molar-refractivity contribution in [1.29, 1.82) is 0 Å². The molecule has 4 nitrogen and oxygen atoms in total. The molecule has 0 aromatic rings. The fourth-order valence-electron chi connectivity index (χ4n) is 1.34. The molecule has 0 saturated carbocycles. The number of carboxylic acids is 1. The Morgan fingerprint density at radius 2 is 2.00 bits per heavy atom. The molecule has 0 rings (SSSR count). The van der Waals surface area contributed by atoms with Crippen LogP contribution >= 0.6 is 12.6 Å². The van der Waals surface area contributed by atoms with Crippen LogP contribution in [0.5, 0.6) is 0 Å². The molecule has 1 amide bonds. The number of amides is 1. The highest BCUT2D eigenvalue weighted by molar-refractivity contribution is 7.80. The first-order valence-electron chi connectivity index (χ1n) is 5.20. The van der Waals surface area contributed by atoms with Crippen LogP contribution in [0.3, 0.4) is 0 Å². The first-order chi connectivity index (χ1) is 7.06. The molecule has 0 aliphatic carbocycles. The molecule has 0 radical (unpaired) electrons. The third-order valence-corrected chi connectivity index (χ3v) is 2.66. The molecule has 0 spiro atoms. The van der Waals surface area contributed by atoms with Crippen molar-refractivity contribution < 1.29 is 14.7 Å². The van der Waals surface area contributed by atoms with Crippen LogP contribution < -0.4 is 5.32 Å². The maximum Gasteiger partial charge on any atom is 0.327 e. The molecular formula is C10H19NO3S. The Hall–Kier alpha value is -0.710. The summed E-state index contributed by atoms with van der Waals surface area (Å²) >= 11 is 3.88. The number of nitrogens with one attached hydrogen (secondary N) is 1. The highest BCUT2D eigenvalue weighted by Gasteiger charge is 2.22. The minimum absolute atomic E-state index is 0.0864. The van der Waals surface area contributed by atoms with Gasteiger partial charge in [0.1, 0.15) is 6.04 Å². The summed E-state index contributed by atoms with van der Waals surface area (Å²) < 4.78 is 0. The van der Waals surface area contributed by atoms with E-state index in [-0.39, 0.29) is 17.6 Å². The molecule has 0 aliphatic rings. The maximum absolute atomic E-state index is 11.6. The molecule has 0 saturated heterocycles. The van der Waals surface area contributed by atoms with Gasteiger partial charge in [-0.05, 0) is 12.8 Å². The third kappa shape index (κ3) is 5.06. The third-order valence-electron chi connectivity index (χ3n) is 2.30. The van der Waals surface area contributed by atoms with Crippen LogP contribution in [0.2, 0.25) is 0 Å². The minimum atomic E-state index is -1.04. The summed E-state index contributed by atoms with van der Waals surface area (Å²) in [5.74, 6) is -1.19. The number of carbonyl (C=O) groups excluding carboxylic acids is 1. The first kappa shape index (κ1) is 14.3. The number of carboxylic acid groups (broad SMARTS) is 1. The van der Waals surface area contributed by atoms with Gasteiger partial charge < -0.3 is 10.4 Å². The van der Waals surface area contributed by atoms with Crippen molar-refractivity contribution in [1.82, 2.24) is 5.32 Å². The molecule has 0 aromatic heterocycles. The van der Waals surface area contributed by atoms with Gasteiger partial charge in [0.2, 0.25) is 5.91 Å². The Balaban J connectivity index is 4.24. The Morgan fingerprint density at radius 3 is 2.33 bits per heavy atom. The van der Waals surface area contributed by atoms with Gasteiger partial charge in [0.25, 0.3) is 0 Å². The maximum atomic E-state index is 11.6. The topological polar surface area (TPSA) is 66.4 Å². The number of carbonyl (C=O) groups is 2. The van der Waals surface area contributed by atoms with Crippen LogP contribution in [-0.2, 0) is 9.59 Å². The Bertz CT molecular complexity index is 221. The van der Waals surface area contributed by atoms with E-state index in [0.717, 1.165) is 19.3 Å². The van der Waals surface area contributed by atoms with E-state index in [4.69, 9.17) is 5.11 Å². The van der Waals surface area contributed by atoms with Crippen LogP contribution in [0.4, 0.5) is 0 Å². The van der Waals surface area contributed by atoms with Gasteiger partial charge in [0, 0.05) is 11.7 Å². The predicted molar refractivity (Wildman–Crippen MR) is 62.1 cm³/mol. The fourth-order valence-corrected chi connectivity index (χ4v) is 1.59. The molecule has 0 fully saturated rings. The van der Waals surface area contributed by atoms with E-state index in [1.165, 1.54) is 0 Å². The second-order valence-electron chi connectivity index (χ2n) is 3.48. The average molecular weight is 233 g/mol. The van der Waals surface area contributed by atoms with E-state index in [0.29, 0.717) is 0 Å². The van der Waals surface area contributed by atoms with Gasteiger partial charge in [-0.25, -0.2) is 4.79 Å². The zero-order valence-corrected chi connectivity index (χ0v) is 10.1. The summed E-state index contributed by atoms with van der Waals surface area (Å²) in [6, 6.07) is -0.883. The lowest BCUT2D eigenvalue weighted by atomic mass is 9.99. The lowest BCUT2D eigenvalue weighted by molar-refractivity contribution is -0.141. The van der Waals surface area contributed by atoms with E-state index < -0.39 is 12.0 Å². The van der Waals surface area contributed by atoms with Crippen LogP contribution in [0, 0.1) is 5.92 Å². The molecular weight excluding hydrogens is 214 g/mol. The first-order valence-corrected chi connectivity index (χ1v) is 5.84. The second kappa shape index (κ2) is 7.56. The summed E-state index contributed by atoms with van der Waals surface area (Å²) in [7, 11) is 0. The standard InChI is InChI=1S/C10H19NO3S/c1-3-5-7(4-2)9(12)11-8(6-15)10(13)14/h7-8,15H,3-6H2,1-2H3,(H,11,12)(H,13,14)/t7-,8-/m1/s1. The molecule has 15 heavy (non-hydrogen) atoms. The van der Waals surface area contributed by atoms with Gasteiger partial charge in [-0.15, -0.1) is 0 Å². The van der Waals surface area contributed by atoms with Crippen molar-refractivity contribution in [2.24, 2.45) is 5.92 Å². The van der Waals surface area contributed by atoms with Crippen molar-refractivity contribution >= 4 is 24.5 Å². The smallest absolute Gasteiger partial charge is 0.327 e. The van der Waals surface area contributed by atoms with E-state index in [2.05, 4.69) is 17.9 Å². The number of hydrogen-bond acceptors (Lipinski definition) is 3. The van der Waals surface area contributed by atoms with E-state index in [9.17, 15) is 9.59 Å². The number of hydrogen-bond donors (Lipinski definition) is 3. The van der Waals surface area contributed by atoms with Gasteiger partial charge in [-0.3, -0.25) is 4.79 Å². The molecule has 0 bridgehead atoms. The normalized spacial score (nSPS) is 14.3. The van der Waals surface area contributed by atoms with Gasteiger partial charge in [0.15, 0.2) is 0 Å². The summed E-state index contributed by atoms with van der Waals surface area (Å²) in [5, 5.41) is 11.2. The van der Waals surface area contributed by atoms with Crippen molar-refractivity contribution in [3.8, 4) is 0 Å². The van der Waals surface area contributed by atoms with Gasteiger partial charge in [-0.1, -0.05) is 20.3 Å². The van der Waals surface area contributed by atoms with Crippen molar-refractivity contribution in [3.63, 3.8) is 0 Å². The van der Waals surface area contributed by atoms with Crippen LogP contribution in [0.25, 0.3) is 0 Å². The highest BCUT2D eigenvalue weighted by Crippen LogP contribution is 2.11. The average Bonchev–Trinajstić information content (AvgIpc) is 2.21. The van der Waals surface area contributed by atoms with Gasteiger partial charge in [-0.2, -0.15) is 12.6 Å². The largest absolute Gasteiger partial charge is 0.480 e. The summed E-state index contributed by atoms with van der Waals surface area (Å²) in [5.41, 5.74) is 0. The van der Waals surface area contributed by atoms with E-state index >= 15 is 0 Å². The summed E-state index contributed by atoms with van der Waals surface area (Å²) in [6.45, 7) is 3.93. The molecule has 0 heterocycles. The van der Waals surface area contributed by atoms with Crippen molar-refractivity contribution in [2.75, 3.05) is 5.75 Å². The Morgan fingerprint density at radius 1 is 1.40 bits per heavy atom. The zero-order chi connectivity index (χ0) is 11.8. The number of thiol groups is 1. The molecule has 5 heteroatoms. The van der Waals surface area contributed by atoms with Gasteiger partial charge >= 0.3 is 5.97 Å². The van der Waals surface area contributed by atoms with E-state index in [1.807, 2.05) is 13.8 Å². The number of aliphatic carboxylic acids is 1. The van der Waals surface area contributed by atoms with Crippen molar-refractivity contribution in [2.45, 2.75) is 39.2 Å². The van der Waals surface area contributed by atoms with Crippen LogP contribution in [0.15, 0.2) is 0 Å². The second-order valence-corrected chi connectivity index (χ2v) is 3.84. The van der Waals surface area contributed by atoms with Crippen LogP contribution in [-0.4, -0.2) is 28.8 Å². The van der Waals surface area contributed by atoms with Crippen LogP contribution in [0.1, 0.15) is 33.1 Å². The summed E-state index contributed by atoms with van der Waals surface area (Å²) in [4.78, 5) is 22.3. The Kier molecular flexibility index (Phi) is 7.21. The lowest BCUT2D eigenvalue weighted by Crippen LogP contribution is -2.44. The highest BCUT2D eigenvalue weighted by atomic mass is 32.1. The predicted octanol–water partition coefficient (Wildman–Crippen LogP) is 1.31. The molecule has 0 aliphatic heterocycles. The molecule has 2 N–H and O–H groups in total. The molecule has 88 valence electrons. The lowest BCUT2D eigenvalue weighted by Gasteiger charge is -2.17. The zero-order valence-electron chi connectivity index (χ0n) is 9.19. The minimum Gasteiger partial charge on any atom is -0.480 e. The molecule has 0 aromatic carbocycles. The Labute approximate surface area is 95.8 Å². The molecule has 2 atom stereocenters. The van der Waals surface area contributed by atoms with Gasteiger partial charge in [0.05, 0.1) is 0 Å². The van der Waals surface area contributed by atoms with E-state index in [1.54, 1.807) is 0 Å².